The highest BCUT2D eigenvalue weighted by molar-refractivity contribution is 7.99. The van der Waals surface area contributed by atoms with Crippen LogP contribution >= 0.6 is 23.4 Å². The van der Waals surface area contributed by atoms with E-state index >= 15 is 0 Å². The van der Waals surface area contributed by atoms with Gasteiger partial charge in [0.1, 0.15) is 22.2 Å². The monoisotopic (exact) mass is 415 g/mol. The van der Waals surface area contributed by atoms with E-state index in [4.69, 9.17) is 28.1 Å². The molecule has 0 saturated carbocycles. The van der Waals surface area contributed by atoms with Gasteiger partial charge < -0.3 is 16.4 Å². The van der Waals surface area contributed by atoms with E-state index in [9.17, 15) is 0 Å². The second-order valence-corrected chi connectivity index (χ2v) is 8.77. The number of nitrogen functional groups attached to an aromatic ring is 1. The highest BCUT2D eigenvalue weighted by atomic mass is 35.5. The lowest BCUT2D eigenvalue weighted by Gasteiger charge is -2.24. The van der Waals surface area contributed by atoms with Crippen LogP contribution in [0.25, 0.3) is 11.2 Å². The molecule has 4 heterocycles. The molecule has 0 amide bonds. The Hall–Kier alpha value is -2.16. The molecular weight excluding hydrogens is 394 g/mol. The van der Waals surface area contributed by atoms with E-state index in [-0.39, 0.29) is 5.54 Å². The summed E-state index contributed by atoms with van der Waals surface area (Å²) in [5.41, 5.74) is 13.3. The van der Waals surface area contributed by atoms with Crippen molar-refractivity contribution in [3.8, 4) is 0 Å². The number of hydrogen-bond acceptors (Lipinski definition) is 8. The maximum absolute atomic E-state index is 6.31. The summed E-state index contributed by atoms with van der Waals surface area (Å²) in [7, 11) is 0. The molecule has 0 bridgehead atoms. The van der Waals surface area contributed by atoms with Crippen LogP contribution in [0.4, 0.5) is 11.6 Å². The minimum absolute atomic E-state index is 0.107. The van der Waals surface area contributed by atoms with Crippen molar-refractivity contribution in [1.29, 1.82) is 0 Å². The van der Waals surface area contributed by atoms with Crippen LogP contribution < -0.4 is 16.4 Å². The quantitative estimate of drug-likeness (QED) is 0.669. The molecule has 9 heteroatoms. The Morgan fingerprint density at radius 3 is 2.86 bits per heavy atom. The summed E-state index contributed by atoms with van der Waals surface area (Å²) in [6.07, 6.45) is 6.44. The number of halogens is 1. The molecule has 1 aliphatic rings. The van der Waals surface area contributed by atoms with Crippen molar-refractivity contribution in [2.45, 2.75) is 41.6 Å². The lowest BCUT2D eigenvalue weighted by atomic mass is 9.95. The van der Waals surface area contributed by atoms with Crippen LogP contribution in [-0.4, -0.2) is 38.6 Å². The number of nitrogens with two attached hydrogens (primary N) is 2. The smallest absolute Gasteiger partial charge is 0.179 e. The molecule has 4 N–H and O–H groups in total. The maximum atomic E-state index is 6.31. The molecule has 1 fully saturated rings. The molecule has 3 aromatic heterocycles. The molecule has 1 saturated heterocycles. The Morgan fingerprint density at radius 2 is 2.00 bits per heavy atom. The van der Waals surface area contributed by atoms with Crippen LogP contribution in [0.1, 0.15) is 26.2 Å². The summed E-state index contributed by atoms with van der Waals surface area (Å²) in [6, 6.07) is 5.66. The Balaban J connectivity index is 1.57. The van der Waals surface area contributed by atoms with Crippen molar-refractivity contribution >= 4 is 46.2 Å². The summed E-state index contributed by atoms with van der Waals surface area (Å²) in [5.74, 6) is 1.18. The minimum Gasteiger partial charge on any atom is -0.382 e. The molecule has 7 nitrogen and oxygen atoms in total. The number of rotatable bonds is 3. The molecule has 146 valence electrons. The number of hydrogen-bond donors (Lipinski definition) is 2. The van der Waals surface area contributed by atoms with E-state index in [1.165, 1.54) is 11.8 Å². The Labute approximate surface area is 172 Å². The van der Waals surface area contributed by atoms with Gasteiger partial charge in [0.15, 0.2) is 5.65 Å². The van der Waals surface area contributed by atoms with Gasteiger partial charge in [-0.15, -0.1) is 0 Å². The van der Waals surface area contributed by atoms with Crippen molar-refractivity contribution in [2.75, 3.05) is 23.7 Å². The minimum atomic E-state index is -0.107. The predicted octanol–water partition coefficient (Wildman–Crippen LogP) is 3.51. The molecule has 1 aliphatic heterocycles. The molecule has 0 aliphatic carbocycles. The van der Waals surface area contributed by atoms with E-state index in [0.717, 1.165) is 53.6 Å². The number of pyridine rings is 2. The molecular formula is C19H22ClN7S. The molecule has 0 aromatic carbocycles. The summed E-state index contributed by atoms with van der Waals surface area (Å²) >= 11 is 7.65. The van der Waals surface area contributed by atoms with Crippen LogP contribution in [0.2, 0.25) is 5.02 Å². The third-order valence-corrected chi connectivity index (χ3v) is 6.42. The number of anilines is 2. The molecule has 4 rings (SSSR count). The van der Waals surface area contributed by atoms with Gasteiger partial charge in [-0.3, -0.25) is 0 Å². The van der Waals surface area contributed by atoms with Crippen LogP contribution in [0.15, 0.2) is 40.5 Å². The van der Waals surface area contributed by atoms with E-state index in [0.29, 0.717) is 16.5 Å². The van der Waals surface area contributed by atoms with Crippen LogP contribution in [-0.2, 0) is 0 Å². The molecule has 1 atom stereocenters. The summed E-state index contributed by atoms with van der Waals surface area (Å²) in [5, 5.41) is 1.21. The third kappa shape index (κ3) is 4.14. The highest BCUT2D eigenvalue weighted by Crippen LogP contribution is 2.34. The van der Waals surface area contributed by atoms with Gasteiger partial charge in [0.2, 0.25) is 0 Å². The topological polar surface area (TPSA) is 107 Å². The fourth-order valence-electron chi connectivity index (χ4n) is 3.25. The van der Waals surface area contributed by atoms with Gasteiger partial charge in [0.25, 0.3) is 0 Å². The number of fused-ring (bicyclic) bond motifs is 1. The first-order valence-electron chi connectivity index (χ1n) is 9.17. The first kappa shape index (κ1) is 19.2. The fourth-order valence-corrected chi connectivity index (χ4v) is 4.29. The number of nitrogens with zero attached hydrogens (tertiary/aromatic N) is 5. The van der Waals surface area contributed by atoms with Crippen molar-refractivity contribution < 1.29 is 0 Å². The van der Waals surface area contributed by atoms with Gasteiger partial charge in [-0.05, 0) is 44.4 Å². The van der Waals surface area contributed by atoms with Crippen molar-refractivity contribution in [3.63, 3.8) is 0 Å². The van der Waals surface area contributed by atoms with Gasteiger partial charge in [0, 0.05) is 29.7 Å². The predicted molar refractivity (Wildman–Crippen MR) is 114 cm³/mol. The van der Waals surface area contributed by atoms with Gasteiger partial charge in [-0.2, -0.15) is 0 Å². The SMILES string of the molecule is C[C@@]1(N)CCCN(c2cnc3nc(Sc4ccnc(N)c4Cl)ccc3n2)CC1. The van der Waals surface area contributed by atoms with Crippen LogP contribution in [0.5, 0.6) is 0 Å². The summed E-state index contributed by atoms with van der Waals surface area (Å²) in [4.78, 5) is 20.9. The Kier molecular flexibility index (Phi) is 5.27. The zero-order chi connectivity index (χ0) is 19.7. The molecule has 0 spiro atoms. The normalized spacial score (nSPS) is 20.3. The first-order chi connectivity index (χ1) is 13.4. The lowest BCUT2D eigenvalue weighted by molar-refractivity contribution is 0.421. The molecule has 28 heavy (non-hydrogen) atoms. The van der Waals surface area contributed by atoms with Gasteiger partial charge in [-0.1, -0.05) is 23.4 Å². The second kappa shape index (κ2) is 7.69. The largest absolute Gasteiger partial charge is 0.382 e. The van der Waals surface area contributed by atoms with Crippen LogP contribution in [0.3, 0.4) is 0 Å². The third-order valence-electron chi connectivity index (χ3n) is 4.91. The van der Waals surface area contributed by atoms with Crippen LogP contribution in [0, 0.1) is 0 Å². The van der Waals surface area contributed by atoms with Crippen molar-refractivity contribution in [1.82, 2.24) is 19.9 Å². The highest BCUT2D eigenvalue weighted by Gasteiger charge is 2.24. The molecule has 0 radical (unpaired) electrons. The second-order valence-electron chi connectivity index (χ2n) is 7.33. The molecule has 0 unspecified atom stereocenters. The standard InChI is InChI=1S/C19H22ClN7S/c1-19(22)6-2-9-27(10-7-19)14-11-24-18-12(25-14)3-4-15(26-18)28-13-5-8-23-17(21)16(13)20/h3-5,8,11H,2,6-7,9-10,22H2,1H3,(H2,21,23)/t19-/m1/s1. The Bertz CT molecular complexity index is 1010. The maximum Gasteiger partial charge on any atom is 0.179 e. The summed E-state index contributed by atoms with van der Waals surface area (Å²) < 4.78 is 0. The lowest BCUT2D eigenvalue weighted by Crippen LogP contribution is -2.37. The van der Waals surface area contributed by atoms with Gasteiger partial charge in [0.05, 0.1) is 11.2 Å². The van der Waals surface area contributed by atoms with E-state index in [2.05, 4.69) is 26.8 Å². The fraction of sp³-hybridized carbons (Fsp3) is 0.368. The zero-order valence-corrected chi connectivity index (χ0v) is 17.2. The first-order valence-corrected chi connectivity index (χ1v) is 10.4. The van der Waals surface area contributed by atoms with E-state index < -0.39 is 0 Å². The summed E-state index contributed by atoms with van der Waals surface area (Å²) in [6.45, 7) is 3.95. The average Bonchev–Trinajstić information content (AvgIpc) is 2.85. The zero-order valence-electron chi connectivity index (χ0n) is 15.6. The Morgan fingerprint density at radius 1 is 1.14 bits per heavy atom. The van der Waals surface area contributed by atoms with E-state index in [1.807, 2.05) is 18.2 Å². The number of aromatic nitrogens is 4. The molecule has 3 aromatic rings. The van der Waals surface area contributed by atoms with Gasteiger partial charge in [-0.25, -0.2) is 19.9 Å². The average molecular weight is 416 g/mol. The van der Waals surface area contributed by atoms with Gasteiger partial charge >= 0.3 is 0 Å². The van der Waals surface area contributed by atoms with Crippen molar-refractivity contribution in [2.24, 2.45) is 5.73 Å². The van der Waals surface area contributed by atoms with Crippen molar-refractivity contribution in [3.05, 3.63) is 35.6 Å². The van der Waals surface area contributed by atoms with E-state index in [1.54, 1.807) is 12.4 Å².